The molecule has 0 bridgehead atoms. The largest absolute Gasteiger partial charge is 0.437 e. The fraction of sp³-hybridized carbons (Fsp3) is 0.214. The first kappa shape index (κ1) is 15.4. The van der Waals surface area contributed by atoms with Crippen LogP contribution in [0.2, 0.25) is 0 Å². The molecule has 0 saturated heterocycles. The van der Waals surface area contributed by atoms with Crippen molar-refractivity contribution in [3.8, 4) is 11.6 Å². The number of aromatic nitrogens is 1. The molecule has 0 fully saturated rings. The fourth-order valence-electron chi connectivity index (χ4n) is 1.73. The number of nitrogens with one attached hydrogen (secondary N) is 1. The summed E-state index contributed by atoms with van der Waals surface area (Å²) >= 11 is 3.21. The molecule has 0 spiro atoms. The molecule has 0 atom stereocenters. The molecule has 0 unspecified atom stereocenters. The minimum absolute atomic E-state index is 0.0448. The highest BCUT2D eigenvalue weighted by Gasteiger charge is 2.17. The summed E-state index contributed by atoms with van der Waals surface area (Å²) in [6, 6.07) is 8.36. The van der Waals surface area contributed by atoms with E-state index in [9.17, 15) is 10.1 Å². The number of hydrogen-bond acceptors (Lipinski definition) is 5. The zero-order chi connectivity index (χ0) is 15.2. The van der Waals surface area contributed by atoms with E-state index in [0.29, 0.717) is 22.6 Å². The van der Waals surface area contributed by atoms with E-state index in [0.717, 1.165) is 12.1 Å². The first-order valence-corrected chi connectivity index (χ1v) is 7.18. The normalized spacial score (nSPS) is 10.4. The molecule has 1 aromatic heterocycles. The summed E-state index contributed by atoms with van der Waals surface area (Å²) in [6.45, 7) is 3.45. The highest BCUT2D eigenvalue weighted by atomic mass is 79.9. The Labute approximate surface area is 130 Å². The van der Waals surface area contributed by atoms with Crippen molar-refractivity contribution in [2.45, 2.75) is 13.5 Å². The molecule has 110 valence electrons. The highest BCUT2D eigenvalue weighted by molar-refractivity contribution is 9.10. The number of halogens is 1. The van der Waals surface area contributed by atoms with E-state index in [-0.39, 0.29) is 5.69 Å². The van der Waals surface area contributed by atoms with Gasteiger partial charge in [0.25, 0.3) is 5.69 Å². The van der Waals surface area contributed by atoms with Gasteiger partial charge in [0.1, 0.15) is 4.47 Å². The summed E-state index contributed by atoms with van der Waals surface area (Å²) in [4.78, 5) is 14.7. The van der Waals surface area contributed by atoms with Crippen LogP contribution in [0, 0.1) is 10.1 Å². The molecule has 1 N–H and O–H groups in total. The standard InChI is InChI=1S/C14H14BrN3O3/c1-2-16-9-10-5-4-8-17-14(10)21-12-7-3-6-11(13(12)15)18(19)20/h3-8,16H,2,9H2,1H3. The molecule has 0 radical (unpaired) electrons. The Kier molecular flexibility index (Phi) is 5.24. The van der Waals surface area contributed by atoms with Crippen molar-refractivity contribution in [2.75, 3.05) is 6.54 Å². The maximum absolute atomic E-state index is 10.9. The van der Waals surface area contributed by atoms with Gasteiger partial charge in [-0.2, -0.15) is 0 Å². The topological polar surface area (TPSA) is 77.3 Å². The zero-order valence-corrected chi connectivity index (χ0v) is 13.0. The van der Waals surface area contributed by atoms with Gasteiger partial charge in [-0.15, -0.1) is 0 Å². The van der Waals surface area contributed by atoms with Crippen LogP contribution in [0.15, 0.2) is 41.0 Å². The van der Waals surface area contributed by atoms with Crippen molar-refractivity contribution in [3.63, 3.8) is 0 Å². The minimum atomic E-state index is -0.463. The number of nitro groups is 1. The molecule has 2 aromatic rings. The van der Waals surface area contributed by atoms with Gasteiger partial charge in [-0.05, 0) is 34.6 Å². The lowest BCUT2D eigenvalue weighted by atomic mass is 10.2. The minimum Gasteiger partial charge on any atom is -0.437 e. The highest BCUT2D eigenvalue weighted by Crippen LogP contribution is 2.36. The summed E-state index contributed by atoms with van der Waals surface area (Å²) < 4.78 is 6.03. The smallest absolute Gasteiger partial charge is 0.287 e. The second-order valence-corrected chi connectivity index (χ2v) is 4.99. The van der Waals surface area contributed by atoms with E-state index in [1.807, 2.05) is 19.1 Å². The van der Waals surface area contributed by atoms with Crippen LogP contribution >= 0.6 is 15.9 Å². The van der Waals surface area contributed by atoms with Crippen LogP contribution in [0.3, 0.4) is 0 Å². The molecular formula is C14H14BrN3O3. The maximum Gasteiger partial charge on any atom is 0.287 e. The Balaban J connectivity index is 2.30. The van der Waals surface area contributed by atoms with E-state index in [2.05, 4.69) is 26.2 Å². The van der Waals surface area contributed by atoms with Crippen molar-refractivity contribution in [2.24, 2.45) is 0 Å². The van der Waals surface area contributed by atoms with Gasteiger partial charge in [-0.1, -0.05) is 19.1 Å². The van der Waals surface area contributed by atoms with Gasteiger partial charge >= 0.3 is 0 Å². The van der Waals surface area contributed by atoms with E-state index in [1.54, 1.807) is 18.3 Å². The number of ether oxygens (including phenoxy) is 1. The first-order chi connectivity index (χ1) is 10.1. The van der Waals surface area contributed by atoms with Gasteiger partial charge in [-0.25, -0.2) is 4.98 Å². The van der Waals surface area contributed by atoms with E-state index < -0.39 is 4.92 Å². The van der Waals surface area contributed by atoms with Crippen LogP contribution in [0.1, 0.15) is 12.5 Å². The third-order valence-electron chi connectivity index (χ3n) is 2.76. The molecule has 0 aliphatic heterocycles. The molecule has 1 aromatic carbocycles. The lowest BCUT2D eigenvalue weighted by Crippen LogP contribution is -2.12. The van der Waals surface area contributed by atoms with Crippen LogP contribution in [0.25, 0.3) is 0 Å². The first-order valence-electron chi connectivity index (χ1n) is 6.38. The number of nitrogens with zero attached hydrogens (tertiary/aromatic N) is 2. The predicted molar refractivity (Wildman–Crippen MR) is 82.5 cm³/mol. The summed E-state index contributed by atoms with van der Waals surface area (Å²) in [6.07, 6.45) is 1.62. The van der Waals surface area contributed by atoms with Crippen LogP contribution < -0.4 is 10.1 Å². The Morgan fingerprint density at radius 3 is 2.90 bits per heavy atom. The Morgan fingerprint density at radius 2 is 2.19 bits per heavy atom. The van der Waals surface area contributed by atoms with Crippen molar-refractivity contribution >= 4 is 21.6 Å². The van der Waals surface area contributed by atoms with Crippen LogP contribution in [-0.2, 0) is 6.54 Å². The molecule has 0 saturated carbocycles. The molecular weight excluding hydrogens is 338 g/mol. The number of rotatable bonds is 6. The van der Waals surface area contributed by atoms with Gasteiger partial charge in [-0.3, -0.25) is 10.1 Å². The van der Waals surface area contributed by atoms with Crippen molar-refractivity contribution < 1.29 is 9.66 Å². The molecule has 0 amide bonds. The van der Waals surface area contributed by atoms with Crippen LogP contribution in [0.5, 0.6) is 11.6 Å². The SMILES string of the molecule is CCNCc1cccnc1Oc1cccc([N+](=O)[O-])c1Br. The van der Waals surface area contributed by atoms with Crippen LogP contribution in [-0.4, -0.2) is 16.5 Å². The maximum atomic E-state index is 10.9. The number of nitro benzene ring substituents is 1. The quantitative estimate of drug-likeness (QED) is 0.634. The van der Waals surface area contributed by atoms with Gasteiger partial charge < -0.3 is 10.1 Å². The van der Waals surface area contributed by atoms with Gasteiger partial charge in [0.2, 0.25) is 5.88 Å². The summed E-state index contributed by atoms with van der Waals surface area (Å²) in [5.41, 5.74) is 0.842. The van der Waals surface area contributed by atoms with E-state index >= 15 is 0 Å². The molecule has 0 aliphatic carbocycles. The summed E-state index contributed by atoms with van der Waals surface area (Å²) in [5.74, 6) is 0.792. The Morgan fingerprint density at radius 1 is 1.38 bits per heavy atom. The van der Waals surface area contributed by atoms with Gasteiger partial charge in [0.05, 0.1) is 4.92 Å². The Bertz CT molecular complexity index is 649. The van der Waals surface area contributed by atoms with Crippen molar-refractivity contribution in [1.29, 1.82) is 0 Å². The number of hydrogen-bond donors (Lipinski definition) is 1. The van der Waals surface area contributed by atoms with E-state index in [1.165, 1.54) is 6.07 Å². The van der Waals surface area contributed by atoms with Crippen molar-refractivity contribution in [3.05, 3.63) is 56.7 Å². The average Bonchev–Trinajstić information content (AvgIpc) is 2.48. The molecule has 0 aliphatic rings. The second-order valence-electron chi connectivity index (χ2n) is 4.20. The zero-order valence-electron chi connectivity index (χ0n) is 11.4. The Hall–Kier alpha value is -1.99. The monoisotopic (exact) mass is 351 g/mol. The van der Waals surface area contributed by atoms with Crippen molar-refractivity contribution in [1.82, 2.24) is 10.3 Å². The lowest BCUT2D eigenvalue weighted by molar-refractivity contribution is -0.385. The second kappa shape index (κ2) is 7.14. The average molecular weight is 352 g/mol. The van der Waals surface area contributed by atoms with E-state index in [4.69, 9.17) is 4.74 Å². The number of benzene rings is 1. The predicted octanol–water partition coefficient (Wildman–Crippen LogP) is 3.65. The fourth-order valence-corrected chi connectivity index (χ4v) is 2.22. The summed E-state index contributed by atoms with van der Waals surface area (Å²) in [5, 5.41) is 14.1. The third kappa shape index (κ3) is 3.77. The van der Waals surface area contributed by atoms with Gasteiger partial charge in [0, 0.05) is 24.4 Å². The molecule has 6 nitrogen and oxygen atoms in total. The molecule has 1 heterocycles. The molecule has 21 heavy (non-hydrogen) atoms. The molecule has 7 heteroatoms. The van der Waals surface area contributed by atoms with Crippen LogP contribution in [0.4, 0.5) is 5.69 Å². The lowest BCUT2D eigenvalue weighted by Gasteiger charge is -2.11. The third-order valence-corrected chi connectivity index (χ3v) is 3.56. The van der Waals surface area contributed by atoms with Gasteiger partial charge in [0.15, 0.2) is 5.75 Å². The number of pyridine rings is 1. The molecule has 2 rings (SSSR count). The summed E-state index contributed by atoms with van der Waals surface area (Å²) in [7, 11) is 0.